The molecule has 0 aromatic carbocycles. The van der Waals surface area contributed by atoms with Crippen LogP contribution >= 0.6 is 47.0 Å². The van der Waals surface area contributed by atoms with Crippen molar-refractivity contribution < 1.29 is 0 Å². The molecule has 2 rings (SSSR count). The van der Waals surface area contributed by atoms with E-state index in [1.165, 1.54) is 23.2 Å². The highest BCUT2D eigenvalue weighted by Gasteiger charge is 2.27. The van der Waals surface area contributed by atoms with E-state index in [2.05, 4.69) is 33.9 Å². The van der Waals surface area contributed by atoms with Gasteiger partial charge in [0.05, 0.1) is 17.3 Å². The maximum atomic E-state index is 2.38. The van der Waals surface area contributed by atoms with E-state index >= 15 is 0 Å². The first-order chi connectivity index (χ1) is 7.49. The van der Waals surface area contributed by atoms with E-state index in [1.807, 2.05) is 47.0 Å². The van der Waals surface area contributed by atoms with Crippen molar-refractivity contribution in [1.82, 2.24) is 0 Å². The Kier molecular flexibility index (Phi) is 4.33. The third kappa shape index (κ3) is 2.63. The molecule has 0 bridgehead atoms. The normalized spacial score (nSPS) is 22.1. The second-order valence-electron chi connectivity index (χ2n) is 3.98. The molecule has 16 heavy (non-hydrogen) atoms. The van der Waals surface area contributed by atoms with Crippen LogP contribution in [0.1, 0.15) is 20.8 Å². The standard InChI is InChI=1S/C11H15S4Si/c1-6-7(2)13-9(12-6)10-14-8(3)11(15-10)16(4)5/h1-5H3. The van der Waals surface area contributed by atoms with E-state index in [4.69, 9.17) is 0 Å². The van der Waals surface area contributed by atoms with E-state index in [0.717, 1.165) is 0 Å². The maximum absolute atomic E-state index is 2.38. The first-order valence-electron chi connectivity index (χ1n) is 5.13. The highest BCUT2D eigenvalue weighted by molar-refractivity contribution is 8.34. The van der Waals surface area contributed by atoms with Gasteiger partial charge in [0.1, 0.15) is 0 Å². The summed E-state index contributed by atoms with van der Waals surface area (Å²) in [5.74, 6) is 0. The summed E-state index contributed by atoms with van der Waals surface area (Å²) in [5.41, 5.74) is 0. The zero-order valence-electron chi connectivity index (χ0n) is 10.1. The first kappa shape index (κ1) is 13.3. The van der Waals surface area contributed by atoms with Crippen molar-refractivity contribution in [2.75, 3.05) is 0 Å². The maximum Gasteiger partial charge on any atom is 0.0893 e. The van der Waals surface area contributed by atoms with Gasteiger partial charge in [0, 0.05) is 0 Å². The highest BCUT2D eigenvalue weighted by Crippen LogP contribution is 2.59. The molecule has 87 valence electrons. The summed E-state index contributed by atoms with van der Waals surface area (Å²) in [6.07, 6.45) is 0. The number of allylic oxidation sites excluding steroid dienone is 3. The van der Waals surface area contributed by atoms with Gasteiger partial charge in [-0.25, -0.2) is 0 Å². The first-order valence-corrected chi connectivity index (χ1v) is 10.9. The van der Waals surface area contributed by atoms with Crippen molar-refractivity contribution in [1.29, 1.82) is 0 Å². The number of hydrogen-bond donors (Lipinski definition) is 0. The summed E-state index contributed by atoms with van der Waals surface area (Å²) >= 11 is 7.91. The Bertz CT molecular complexity index is 402. The smallest absolute Gasteiger partial charge is 0.0893 e. The average molecular weight is 304 g/mol. The molecule has 1 radical (unpaired) electrons. The lowest BCUT2D eigenvalue weighted by molar-refractivity contribution is 1.57. The topological polar surface area (TPSA) is 0 Å². The van der Waals surface area contributed by atoms with Crippen LogP contribution in [0.25, 0.3) is 0 Å². The third-order valence-electron chi connectivity index (χ3n) is 2.37. The summed E-state index contributed by atoms with van der Waals surface area (Å²) in [6.45, 7) is 11.5. The molecular weight excluding hydrogens is 288 g/mol. The molecule has 0 spiro atoms. The second-order valence-corrected chi connectivity index (χ2v) is 12.1. The van der Waals surface area contributed by atoms with Gasteiger partial charge in [-0.3, -0.25) is 0 Å². The van der Waals surface area contributed by atoms with Gasteiger partial charge < -0.3 is 0 Å². The Balaban J connectivity index is 2.16. The van der Waals surface area contributed by atoms with Gasteiger partial charge in [-0.05, 0) is 40.0 Å². The lowest BCUT2D eigenvalue weighted by atomic mass is 10.6. The van der Waals surface area contributed by atoms with E-state index in [9.17, 15) is 0 Å². The minimum absolute atomic E-state index is 0.293. The zero-order chi connectivity index (χ0) is 11.9. The fourth-order valence-corrected chi connectivity index (χ4v) is 9.33. The lowest BCUT2D eigenvalue weighted by Gasteiger charge is -2.04. The van der Waals surface area contributed by atoms with Gasteiger partial charge in [0.15, 0.2) is 0 Å². The van der Waals surface area contributed by atoms with Crippen LogP contribution in [0.3, 0.4) is 0 Å². The molecule has 2 heterocycles. The van der Waals surface area contributed by atoms with Crippen LogP contribution < -0.4 is 0 Å². The summed E-state index contributed by atoms with van der Waals surface area (Å²) in [4.78, 5) is 4.48. The highest BCUT2D eigenvalue weighted by atomic mass is 32.2. The second kappa shape index (κ2) is 5.22. The summed E-state index contributed by atoms with van der Waals surface area (Å²) < 4.78 is 4.67. The molecule has 0 N–H and O–H groups in total. The molecule has 0 aromatic rings. The van der Waals surface area contributed by atoms with Gasteiger partial charge in [-0.15, -0.1) is 0 Å². The zero-order valence-corrected chi connectivity index (χ0v) is 14.4. The van der Waals surface area contributed by atoms with Gasteiger partial charge in [0.25, 0.3) is 0 Å². The van der Waals surface area contributed by atoms with Crippen molar-refractivity contribution in [2.24, 2.45) is 0 Å². The predicted molar refractivity (Wildman–Crippen MR) is 85.9 cm³/mol. The van der Waals surface area contributed by atoms with Gasteiger partial charge >= 0.3 is 0 Å². The third-order valence-corrected chi connectivity index (χ3v) is 10.9. The Morgan fingerprint density at radius 2 is 1.12 bits per heavy atom. The van der Waals surface area contributed by atoms with Crippen LogP contribution in [0.4, 0.5) is 0 Å². The SMILES string of the molecule is CC1=C(C)SC(=C2SC(C)=C([Si](C)C)S2)S1. The van der Waals surface area contributed by atoms with Gasteiger partial charge in [-0.1, -0.05) is 60.1 Å². The fourth-order valence-electron chi connectivity index (χ4n) is 1.43. The summed E-state index contributed by atoms with van der Waals surface area (Å²) in [5, 5.41) is 0. The Labute approximate surface area is 117 Å². The van der Waals surface area contributed by atoms with Crippen LogP contribution in [-0.2, 0) is 0 Å². The molecule has 0 aromatic heterocycles. The molecule has 0 unspecified atom stereocenters. The molecule has 2 aliphatic rings. The van der Waals surface area contributed by atoms with Crippen LogP contribution in [0.2, 0.25) is 13.1 Å². The molecule has 0 saturated heterocycles. The van der Waals surface area contributed by atoms with Crippen molar-refractivity contribution >= 4 is 55.8 Å². The van der Waals surface area contributed by atoms with Crippen molar-refractivity contribution in [2.45, 2.75) is 33.9 Å². The monoisotopic (exact) mass is 303 g/mol. The summed E-state index contributed by atoms with van der Waals surface area (Å²) in [6, 6.07) is 0. The molecule has 0 nitrogen and oxygen atoms in total. The molecule has 0 atom stereocenters. The van der Waals surface area contributed by atoms with E-state index in [-0.39, 0.29) is 8.80 Å². The Hall–Kier alpha value is 0.837. The minimum Gasteiger partial charge on any atom is -0.0895 e. The molecule has 0 aliphatic carbocycles. The van der Waals surface area contributed by atoms with Crippen LogP contribution in [0.5, 0.6) is 0 Å². The summed E-state index contributed by atoms with van der Waals surface area (Å²) in [7, 11) is -0.293. The number of rotatable bonds is 1. The van der Waals surface area contributed by atoms with Crippen LogP contribution in [0, 0.1) is 0 Å². The molecule has 2 aliphatic heterocycles. The fraction of sp³-hybridized carbons (Fsp3) is 0.455. The Morgan fingerprint density at radius 3 is 1.56 bits per heavy atom. The van der Waals surface area contributed by atoms with Crippen LogP contribution in [-0.4, -0.2) is 8.80 Å². The number of thioether (sulfide) groups is 4. The van der Waals surface area contributed by atoms with Crippen LogP contribution in [0.15, 0.2) is 27.7 Å². The largest absolute Gasteiger partial charge is 0.0895 e. The van der Waals surface area contributed by atoms with Crippen molar-refractivity contribution in [3.05, 3.63) is 27.7 Å². The van der Waals surface area contributed by atoms with Gasteiger partial charge in [0.2, 0.25) is 0 Å². The van der Waals surface area contributed by atoms with Crippen molar-refractivity contribution in [3.63, 3.8) is 0 Å². The molecule has 5 heteroatoms. The molecule has 0 fully saturated rings. The van der Waals surface area contributed by atoms with E-state index in [0.29, 0.717) is 0 Å². The molecular formula is C11H15S4Si. The Morgan fingerprint density at radius 1 is 0.688 bits per heavy atom. The lowest BCUT2D eigenvalue weighted by Crippen LogP contribution is -2.01. The minimum atomic E-state index is -0.293. The molecule has 0 amide bonds. The van der Waals surface area contributed by atoms with Crippen molar-refractivity contribution in [3.8, 4) is 0 Å². The quantitative estimate of drug-likeness (QED) is 0.557. The van der Waals surface area contributed by atoms with Gasteiger partial charge in [-0.2, -0.15) is 0 Å². The number of hydrogen-bond acceptors (Lipinski definition) is 4. The van der Waals surface area contributed by atoms with E-state index in [1.54, 1.807) is 4.53 Å². The average Bonchev–Trinajstić information content (AvgIpc) is 2.71. The van der Waals surface area contributed by atoms with E-state index < -0.39 is 0 Å². The predicted octanol–water partition coefficient (Wildman–Crippen LogP) is 5.85. The molecule has 0 saturated carbocycles.